The van der Waals surface area contributed by atoms with Crippen LogP contribution in [0.3, 0.4) is 0 Å². The van der Waals surface area contributed by atoms with Crippen LogP contribution in [0.2, 0.25) is 5.02 Å². The number of thiocarbonyl (C=S) groups is 1. The highest BCUT2D eigenvalue weighted by Gasteiger charge is 2.17. The quantitative estimate of drug-likeness (QED) is 0.610. The van der Waals surface area contributed by atoms with Crippen LogP contribution in [-0.2, 0) is 0 Å². The molecule has 0 fully saturated rings. The van der Waals surface area contributed by atoms with Crippen LogP contribution < -0.4 is 15.4 Å². The third-order valence-electron chi connectivity index (χ3n) is 3.37. The number of carbonyl (C=O) groups is 1. The van der Waals surface area contributed by atoms with Crippen molar-refractivity contribution in [2.45, 2.75) is 6.92 Å². The number of amides is 1. The molecule has 25 heavy (non-hydrogen) atoms. The fraction of sp³-hybridized carbons (Fsp3) is 0.111. The maximum atomic E-state index is 12.5. The standard InChI is InChI=1S/C18H15ClN2O2S2/c1-2-23-12-7-5-6-11(10-12)20-18(24)21-17(22)16-15(19)13-8-3-4-9-14(13)25-16/h3-10H,2H2,1H3,(H2,20,21,22,24). The number of rotatable bonds is 4. The van der Waals surface area contributed by atoms with E-state index < -0.39 is 0 Å². The predicted molar refractivity (Wildman–Crippen MR) is 108 cm³/mol. The predicted octanol–water partition coefficient (Wildman–Crippen LogP) is 5.08. The number of halogens is 1. The molecule has 0 bridgehead atoms. The molecule has 0 aliphatic heterocycles. The molecule has 1 amide bonds. The van der Waals surface area contributed by atoms with Gasteiger partial charge in [0.1, 0.15) is 10.6 Å². The Bertz CT molecular complexity index is 940. The van der Waals surface area contributed by atoms with Crippen LogP contribution in [0.15, 0.2) is 48.5 Å². The zero-order valence-electron chi connectivity index (χ0n) is 13.3. The average molecular weight is 391 g/mol. The number of ether oxygens (including phenoxy) is 1. The highest BCUT2D eigenvalue weighted by molar-refractivity contribution is 7.80. The lowest BCUT2D eigenvalue weighted by Gasteiger charge is -2.10. The Balaban J connectivity index is 1.70. The van der Waals surface area contributed by atoms with Crippen LogP contribution in [0.4, 0.5) is 5.69 Å². The van der Waals surface area contributed by atoms with Crippen LogP contribution in [0.5, 0.6) is 5.75 Å². The van der Waals surface area contributed by atoms with Gasteiger partial charge in [-0.05, 0) is 37.3 Å². The van der Waals surface area contributed by atoms with E-state index >= 15 is 0 Å². The Labute approximate surface area is 159 Å². The first-order chi connectivity index (χ1) is 12.1. The van der Waals surface area contributed by atoms with E-state index in [0.29, 0.717) is 16.5 Å². The van der Waals surface area contributed by atoms with E-state index in [1.165, 1.54) is 11.3 Å². The topological polar surface area (TPSA) is 50.4 Å². The van der Waals surface area contributed by atoms with E-state index in [4.69, 9.17) is 28.6 Å². The van der Waals surface area contributed by atoms with E-state index in [0.717, 1.165) is 21.5 Å². The van der Waals surface area contributed by atoms with Crippen LogP contribution in [0.25, 0.3) is 10.1 Å². The van der Waals surface area contributed by atoms with Gasteiger partial charge < -0.3 is 10.1 Å². The molecule has 0 unspecified atom stereocenters. The molecular weight excluding hydrogens is 376 g/mol. The summed E-state index contributed by atoms with van der Waals surface area (Å²) in [6.45, 7) is 2.49. The van der Waals surface area contributed by atoms with E-state index in [1.807, 2.05) is 55.5 Å². The number of thiophene rings is 1. The van der Waals surface area contributed by atoms with Gasteiger partial charge in [0.15, 0.2) is 5.11 Å². The molecule has 1 aromatic heterocycles. The second-order valence-electron chi connectivity index (χ2n) is 5.11. The summed E-state index contributed by atoms with van der Waals surface area (Å²) < 4.78 is 6.40. The molecule has 0 saturated carbocycles. The Hall–Kier alpha value is -2.15. The molecule has 0 spiro atoms. The third kappa shape index (κ3) is 4.10. The highest BCUT2D eigenvalue weighted by atomic mass is 35.5. The van der Waals surface area contributed by atoms with Gasteiger partial charge in [-0.15, -0.1) is 11.3 Å². The minimum absolute atomic E-state index is 0.201. The van der Waals surface area contributed by atoms with Gasteiger partial charge in [0, 0.05) is 21.8 Å². The third-order valence-corrected chi connectivity index (χ3v) is 5.25. The van der Waals surface area contributed by atoms with Crippen molar-refractivity contribution in [3.63, 3.8) is 0 Å². The molecule has 3 rings (SSSR count). The Kier molecular flexibility index (Phi) is 5.53. The van der Waals surface area contributed by atoms with Crippen molar-refractivity contribution in [2.75, 3.05) is 11.9 Å². The zero-order chi connectivity index (χ0) is 17.8. The summed E-state index contributed by atoms with van der Waals surface area (Å²) in [6.07, 6.45) is 0. The minimum Gasteiger partial charge on any atom is -0.494 e. The van der Waals surface area contributed by atoms with Crippen molar-refractivity contribution in [3.05, 3.63) is 58.4 Å². The minimum atomic E-state index is -0.329. The number of nitrogens with one attached hydrogen (secondary N) is 2. The van der Waals surface area contributed by atoms with Crippen molar-refractivity contribution in [2.24, 2.45) is 0 Å². The maximum Gasteiger partial charge on any atom is 0.269 e. The zero-order valence-corrected chi connectivity index (χ0v) is 15.7. The van der Waals surface area contributed by atoms with Crippen LogP contribution >= 0.6 is 35.2 Å². The van der Waals surface area contributed by atoms with Gasteiger partial charge in [-0.1, -0.05) is 35.9 Å². The fourth-order valence-corrected chi connectivity index (χ4v) is 3.94. The smallest absolute Gasteiger partial charge is 0.269 e. The van der Waals surface area contributed by atoms with E-state index in [9.17, 15) is 4.79 Å². The second kappa shape index (κ2) is 7.82. The van der Waals surface area contributed by atoms with Crippen molar-refractivity contribution >= 4 is 61.9 Å². The molecule has 4 nitrogen and oxygen atoms in total. The normalized spacial score (nSPS) is 10.5. The van der Waals surface area contributed by atoms with Gasteiger partial charge in [-0.2, -0.15) is 0 Å². The van der Waals surface area contributed by atoms with Gasteiger partial charge in [0.2, 0.25) is 0 Å². The fourth-order valence-electron chi connectivity index (χ4n) is 2.31. The molecule has 3 aromatic rings. The molecule has 128 valence electrons. The molecule has 2 N–H and O–H groups in total. The van der Waals surface area contributed by atoms with Crippen molar-refractivity contribution < 1.29 is 9.53 Å². The molecule has 0 aliphatic carbocycles. The first-order valence-electron chi connectivity index (χ1n) is 7.60. The van der Waals surface area contributed by atoms with Gasteiger partial charge in [-0.25, -0.2) is 0 Å². The number of carbonyl (C=O) groups excluding carboxylic acids is 1. The lowest BCUT2D eigenvalue weighted by molar-refractivity contribution is 0.0982. The summed E-state index contributed by atoms with van der Waals surface area (Å²) >= 11 is 12.9. The van der Waals surface area contributed by atoms with Gasteiger partial charge in [-0.3, -0.25) is 10.1 Å². The summed E-state index contributed by atoms with van der Waals surface area (Å²) in [4.78, 5) is 12.9. The van der Waals surface area contributed by atoms with Crippen molar-refractivity contribution in [1.82, 2.24) is 5.32 Å². The molecule has 0 atom stereocenters. The maximum absolute atomic E-state index is 12.5. The molecule has 0 aliphatic rings. The number of fused-ring (bicyclic) bond motifs is 1. The largest absolute Gasteiger partial charge is 0.494 e. The van der Waals surface area contributed by atoms with E-state index in [-0.39, 0.29) is 11.0 Å². The summed E-state index contributed by atoms with van der Waals surface area (Å²) in [5.41, 5.74) is 0.735. The van der Waals surface area contributed by atoms with Crippen LogP contribution in [0, 0.1) is 0 Å². The highest BCUT2D eigenvalue weighted by Crippen LogP contribution is 2.34. The van der Waals surface area contributed by atoms with Crippen molar-refractivity contribution in [3.8, 4) is 5.75 Å². The summed E-state index contributed by atoms with van der Waals surface area (Å²) in [5, 5.41) is 7.15. The van der Waals surface area contributed by atoms with E-state index in [2.05, 4.69) is 10.6 Å². The number of hydrogen-bond acceptors (Lipinski definition) is 4. The Morgan fingerprint density at radius 1 is 1.24 bits per heavy atom. The van der Waals surface area contributed by atoms with Gasteiger partial charge in [0.05, 0.1) is 11.6 Å². The second-order valence-corrected chi connectivity index (χ2v) is 6.95. The van der Waals surface area contributed by atoms with Crippen LogP contribution in [-0.4, -0.2) is 17.6 Å². The number of hydrogen-bond donors (Lipinski definition) is 2. The molecular formula is C18H15ClN2O2S2. The van der Waals surface area contributed by atoms with Gasteiger partial charge in [0.25, 0.3) is 5.91 Å². The SMILES string of the molecule is CCOc1cccc(NC(=S)NC(=O)c2sc3ccccc3c2Cl)c1. The Morgan fingerprint density at radius 3 is 2.80 bits per heavy atom. The monoisotopic (exact) mass is 390 g/mol. The molecule has 1 heterocycles. The molecule has 7 heteroatoms. The van der Waals surface area contributed by atoms with Gasteiger partial charge >= 0.3 is 0 Å². The Morgan fingerprint density at radius 2 is 2.04 bits per heavy atom. The summed E-state index contributed by atoms with van der Waals surface area (Å²) in [7, 11) is 0. The first-order valence-corrected chi connectivity index (χ1v) is 9.21. The molecule has 0 saturated heterocycles. The first kappa shape index (κ1) is 17.7. The summed E-state index contributed by atoms with van der Waals surface area (Å²) in [6, 6.07) is 15.0. The van der Waals surface area contributed by atoms with Crippen LogP contribution in [0.1, 0.15) is 16.6 Å². The lowest BCUT2D eigenvalue weighted by Crippen LogP contribution is -2.33. The average Bonchev–Trinajstić information content (AvgIpc) is 2.93. The number of anilines is 1. The van der Waals surface area contributed by atoms with Crippen molar-refractivity contribution in [1.29, 1.82) is 0 Å². The van der Waals surface area contributed by atoms with E-state index in [1.54, 1.807) is 0 Å². The number of benzene rings is 2. The molecule has 0 radical (unpaired) electrons. The lowest BCUT2D eigenvalue weighted by atomic mass is 10.2. The summed E-state index contributed by atoms with van der Waals surface area (Å²) in [5.74, 6) is 0.402. The molecule has 2 aromatic carbocycles.